The molecule has 0 aliphatic carbocycles. The van der Waals surface area contributed by atoms with Gasteiger partial charge in [0, 0.05) is 11.6 Å². The lowest BCUT2D eigenvalue weighted by Crippen LogP contribution is -2.42. The van der Waals surface area contributed by atoms with Crippen LogP contribution in [0, 0.1) is 13.8 Å². The summed E-state index contributed by atoms with van der Waals surface area (Å²) in [6.07, 6.45) is 1.93. The van der Waals surface area contributed by atoms with Gasteiger partial charge in [0.15, 0.2) is 0 Å². The summed E-state index contributed by atoms with van der Waals surface area (Å²) in [5.74, 6) is 1.37. The number of carbonyl (C=O) groups excluding carboxylic acids is 1. The molecule has 25 heavy (non-hydrogen) atoms. The van der Waals surface area contributed by atoms with Gasteiger partial charge in [-0.05, 0) is 58.0 Å². The number of rotatable bonds is 5. The van der Waals surface area contributed by atoms with Crippen LogP contribution in [0.25, 0.3) is 0 Å². The fraction of sp³-hybridized carbons (Fsp3) is 0.444. The van der Waals surface area contributed by atoms with Crippen LogP contribution in [0.2, 0.25) is 0 Å². The van der Waals surface area contributed by atoms with Crippen molar-refractivity contribution >= 4 is 18.3 Å². The lowest BCUT2D eigenvalue weighted by Gasteiger charge is -2.23. The molecule has 1 fully saturated rings. The lowest BCUT2D eigenvalue weighted by molar-refractivity contribution is 0.0929. The molecule has 1 aromatic heterocycles. The van der Waals surface area contributed by atoms with E-state index < -0.39 is 0 Å². The van der Waals surface area contributed by atoms with E-state index in [1.54, 1.807) is 12.1 Å². The third-order valence-electron chi connectivity index (χ3n) is 4.33. The Labute approximate surface area is 153 Å². The van der Waals surface area contributed by atoms with E-state index in [0.717, 1.165) is 42.9 Å². The first-order valence-electron chi connectivity index (χ1n) is 8.29. The predicted molar refractivity (Wildman–Crippen MR) is 97.4 cm³/mol. The van der Waals surface area contributed by atoms with E-state index in [9.17, 15) is 4.79 Å². The second-order valence-electron chi connectivity index (χ2n) is 6.12. The van der Waals surface area contributed by atoms with Gasteiger partial charge in [-0.2, -0.15) is 0 Å². The molecule has 7 heteroatoms. The average Bonchev–Trinajstić information content (AvgIpc) is 2.92. The minimum absolute atomic E-state index is 0. The fourth-order valence-corrected chi connectivity index (χ4v) is 2.83. The molecule has 0 atom stereocenters. The molecule has 0 unspecified atom stereocenters. The van der Waals surface area contributed by atoms with Crippen molar-refractivity contribution < 1.29 is 14.1 Å². The summed E-state index contributed by atoms with van der Waals surface area (Å²) < 4.78 is 10.9. The number of ether oxygens (including phenoxy) is 1. The number of nitrogens with one attached hydrogen (secondary N) is 2. The van der Waals surface area contributed by atoms with Gasteiger partial charge in [-0.15, -0.1) is 12.4 Å². The van der Waals surface area contributed by atoms with Crippen molar-refractivity contribution in [2.24, 2.45) is 0 Å². The number of hydrogen-bond acceptors (Lipinski definition) is 5. The Bertz CT molecular complexity index is 692. The van der Waals surface area contributed by atoms with Crippen molar-refractivity contribution in [2.75, 3.05) is 13.1 Å². The summed E-state index contributed by atoms with van der Waals surface area (Å²) in [7, 11) is 0. The van der Waals surface area contributed by atoms with E-state index in [-0.39, 0.29) is 24.4 Å². The van der Waals surface area contributed by atoms with Gasteiger partial charge < -0.3 is 19.9 Å². The highest BCUT2D eigenvalue weighted by Crippen LogP contribution is 2.18. The first-order chi connectivity index (χ1) is 11.6. The highest BCUT2D eigenvalue weighted by atomic mass is 35.5. The van der Waals surface area contributed by atoms with Gasteiger partial charge in [-0.3, -0.25) is 4.79 Å². The monoisotopic (exact) mass is 365 g/mol. The van der Waals surface area contributed by atoms with Crippen molar-refractivity contribution in [3.63, 3.8) is 0 Å². The van der Waals surface area contributed by atoms with Gasteiger partial charge in [0.05, 0.1) is 11.3 Å². The van der Waals surface area contributed by atoms with E-state index in [0.29, 0.717) is 17.9 Å². The van der Waals surface area contributed by atoms with Gasteiger partial charge in [0.1, 0.15) is 18.1 Å². The number of amides is 1. The maximum absolute atomic E-state index is 12.4. The highest BCUT2D eigenvalue weighted by Gasteiger charge is 2.17. The summed E-state index contributed by atoms with van der Waals surface area (Å²) in [6.45, 7) is 6.03. The Balaban J connectivity index is 0.00000225. The van der Waals surface area contributed by atoms with Crippen LogP contribution in [-0.2, 0) is 6.61 Å². The predicted octanol–water partition coefficient (Wildman–Crippen LogP) is 2.77. The lowest BCUT2D eigenvalue weighted by atomic mass is 10.1. The maximum Gasteiger partial charge on any atom is 0.251 e. The van der Waals surface area contributed by atoms with Crippen LogP contribution in [-0.4, -0.2) is 30.2 Å². The summed E-state index contributed by atoms with van der Waals surface area (Å²) >= 11 is 0. The van der Waals surface area contributed by atoms with E-state index in [1.807, 2.05) is 26.0 Å². The van der Waals surface area contributed by atoms with Crippen molar-refractivity contribution in [3.05, 3.63) is 46.8 Å². The molecule has 0 bridgehead atoms. The SMILES string of the molecule is Cc1noc(C)c1COc1cccc(C(=O)NC2CCNCC2)c1.Cl. The largest absolute Gasteiger partial charge is 0.489 e. The number of benzene rings is 1. The Morgan fingerprint density at radius 3 is 2.80 bits per heavy atom. The van der Waals surface area contributed by atoms with Crippen LogP contribution < -0.4 is 15.4 Å². The molecule has 3 rings (SSSR count). The van der Waals surface area contributed by atoms with Crippen LogP contribution in [0.3, 0.4) is 0 Å². The zero-order valence-corrected chi connectivity index (χ0v) is 15.3. The molecule has 0 saturated carbocycles. The van der Waals surface area contributed by atoms with Crippen molar-refractivity contribution in [1.29, 1.82) is 0 Å². The van der Waals surface area contributed by atoms with Crippen LogP contribution in [0.5, 0.6) is 5.75 Å². The molecule has 0 radical (unpaired) electrons. The molecule has 0 spiro atoms. The van der Waals surface area contributed by atoms with Crippen LogP contribution in [0.4, 0.5) is 0 Å². The molecule has 2 N–H and O–H groups in total. The molecule has 2 aromatic rings. The molecular formula is C18H24ClN3O3. The molecule has 1 amide bonds. The van der Waals surface area contributed by atoms with Crippen molar-refractivity contribution in [1.82, 2.24) is 15.8 Å². The summed E-state index contributed by atoms with van der Waals surface area (Å²) in [5.41, 5.74) is 2.39. The van der Waals surface area contributed by atoms with Crippen LogP contribution >= 0.6 is 12.4 Å². The van der Waals surface area contributed by atoms with E-state index in [4.69, 9.17) is 9.26 Å². The molecule has 2 heterocycles. The number of aryl methyl sites for hydroxylation is 2. The minimum atomic E-state index is -0.0512. The van der Waals surface area contributed by atoms with Gasteiger partial charge >= 0.3 is 0 Å². The third kappa shape index (κ3) is 4.96. The van der Waals surface area contributed by atoms with Gasteiger partial charge in [0.25, 0.3) is 5.91 Å². The number of piperidine rings is 1. The summed E-state index contributed by atoms with van der Waals surface area (Å²) in [5, 5.41) is 10.3. The molecule has 136 valence electrons. The number of nitrogens with zero attached hydrogens (tertiary/aromatic N) is 1. The van der Waals surface area contributed by atoms with Gasteiger partial charge in [-0.1, -0.05) is 11.2 Å². The second-order valence-corrected chi connectivity index (χ2v) is 6.12. The average molecular weight is 366 g/mol. The molecule has 1 saturated heterocycles. The minimum Gasteiger partial charge on any atom is -0.489 e. The number of aromatic nitrogens is 1. The quantitative estimate of drug-likeness (QED) is 0.852. The smallest absolute Gasteiger partial charge is 0.251 e. The zero-order chi connectivity index (χ0) is 16.9. The summed E-state index contributed by atoms with van der Waals surface area (Å²) in [6, 6.07) is 7.50. The number of hydrogen-bond donors (Lipinski definition) is 2. The molecular weight excluding hydrogens is 342 g/mol. The van der Waals surface area contributed by atoms with Gasteiger partial charge in [-0.25, -0.2) is 0 Å². The Hall–Kier alpha value is -2.05. The molecule has 6 nitrogen and oxygen atoms in total. The zero-order valence-electron chi connectivity index (χ0n) is 14.5. The molecule has 1 aliphatic heterocycles. The van der Waals surface area contributed by atoms with E-state index >= 15 is 0 Å². The molecule has 1 aliphatic rings. The topological polar surface area (TPSA) is 76.4 Å². The fourth-order valence-electron chi connectivity index (χ4n) is 2.83. The molecule has 1 aromatic carbocycles. The Kier molecular flexibility index (Phi) is 6.84. The number of halogens is 1. The second kappa shape index (κ2) is 8.87. The van der Waals surface area contributed by atoms with Crippen molar-refractivity contribution in [3.8, 4) is 5.75 Å². The Morgan fingerprint density at radius 2 is 2.12 bits per heavy atom. The van der Waals surface area contributed by atoms with Crippen LogP contribution in [0.15, 0.2) is 28.8 Å². The normalized spacial score (nSPS) is 14.6. The standard InChI is InChI=1S/C18H23N3O3.ClH/c1-12-17(13(2)24-21-12)11-23-16-5-3-4-14(10-16)18(22)20-15-6-8-19-9-7-15;/h3-5,10,15,19H,6-9,11H2,1-2H3,(H,20,22);1H. The highest BCUT2D eigenvalue weighted by molar-refractivity contribution is 5.94. The van der Waals surface area contributed by atoms with Crippen LogP contribution in [0.1, 0.15) is 40.2 Å². The number of carbonyl (C=O) groups is 1. The first-order valence-corrected chi connectivity index (χ1v) is 8.29. The maximum atomic E-state index is 12.4. The van der Waals surface area contributed by atoms with E-state index in [1.165, 1.54) is 0 Å². The Morgan fingerprint density at radius 1 is 1.36 bits per heavy atom. The summed E-state index contributed by atoms with van der Waals surface area (Å²) in [4.78, 5) is 12.4. The van der Waals surface area contributed by atoms with Gasteiger partial charge in [0.2, 0.25) is 0 Å². The van der Waals surface area contributed by atoms with E-state index in [2.05, 4.69) is 15.8 Å². The first kappa shape index (κ1) is 19.3. The third-order valence-corrected chi connectivity index (χ3v) is 4.33. The van der Waals surface area contributed by atoms with Crippen molar-refractivity contribution in [2.45, 2.75) is 39.3 Å².